The maximum Gasteiger partial charge on any atom is 0.212 e. The molecule has 1 saturated heterocycles. The molecule has 0 N–H and O–H groups in total. The Labute approximate surface area is 166 Å². The van der Waals surface area contributed by atoms with Crippen molar-refractivity contribution >= 4 is 5.78 Å². The molecule has 1 aromatic heterocycles. The Bertz CT molecular complexity index is 813. The summed E-state index contributed by atoms with van der Waals surface area (Å²) in [5, 5.41) is 0. The molecule has 1 fully saturated rings. The summed E-state index contributed by atoms with van der Waals surface area (Å²) in [5.41, 5.74) is 4.78. The fourth-order valence-corrected chi connectivity index (χ4v) is 4.19. The molecule has 0 spiro atoms. The summed E-state index contributed by atoms with van der Waals surface area (Å²) in [6.07, 6.45) is 6.19. The van der Waals surface area contributed by atoms with E-state index in [-0.39, 0.29) is 5.78 Å². The maximum atomic E-state index is 12.5. The van der Waals surface area contributed by atoms with Crippen molar-refractivity contribution in [1.29, 1.82) is 0 Å². The van der Waals surface area contributed by atoms with Crippen molar-refractivity contribution in [3.8, 4) is 5.88 Å². The second kappa shape index (κ2) is 8.84. The van der Waals surface area contributed by atoms with Gasteiger partial charge in [-0.2, -0.15) is 0 Å². The number of hydrogen-bond acceptors (Lipinski definition) is 5. The van der Waals surface area contributed by atoms with E-state index in [2.05, 4.69) is 28.1 Å². The minimum Gasteiger partial charge on any atom is -0.481 e. The number of carbonyl (C=O) groups is 1. The van der Waals surface area contributed by atoms with Crippen LogP contribution in [0.15, 0.2) is 36.5 Å². The topological polar surface area (TPSA) is 51.7 Å². The first-order chi connectivity index (χ1) is 13.7. The Morgan fingerprint density at radius 3 is 2.79 bits per heavy atom. The summed E-state index contributed by atoms with van der Waals surface area (Å²) in [6, 6.07) is 10.9. The van der Waals surface area contributed by atoms with E-state index in [9.17, 15) is 4.79 Å². The van der Waals surface area contributed by atoms with Crippen LogP contribution in [0.5, 0.6) is 5.88 Å². The highest BCUT2D eigenvalue weighted by Crippen LogP contribution is 2.22. The SMILES string of the molecule is COc1ccc(C(=O)CCc2ccc3c(c2)CCN(C2CCOC2)CC3)cn1. The molecule has 1 unspecified atom stereocenters. The van der Waals surface area contributed by atoms with Gasteiger partial charge in [0.25, 0.3) is 0 Å². The molecule has 3 heterocycles. The molecule has 2 aliphatic rings. The number of ketones is 1. The number of carbonyl (C=O) groups excluding carboxylic acids is 1. The number of methoxy groups -OCH3 is 1. The molecule has 2 aliphatic heterocycles. The van der Waals surface area contributed by atoms with Crippen LogP contribution in [-0.2, 0) is 24.0 Å². The van der Waals surface area contributed by atoms with Crippen LogP contribution in [0.4, 0.5) is 0 Å². The smallest absolute Gasteiger partial charge is 0.212 e. The van der Waals surface area contributed by atoms with Gasteiger partial charge in [0.1, 0.15) is 0 Å². The van der Waals surface area contributed by atoms with Crippen LogP contribution in [0.25, 0.3) is 0 Å². The Morgan fingerprint density at radius 1 is 1.21 bits per heavy atom. The summed E-state index contributed by atoms with van der Waals surface area (Å²) >= 11 is 0. The molecule has 0 amide bonds. The first kappa shape index (κ1) is 19.1. The van der Waals surface area contributed by atoms with E-state index < -0.39 is 0 Å². The molecule has 5 heteroatoms. The van der Waals surface area contributed by atoms with Crippen LogP contribution in [0, 0.1) is 0 Å². The number of benzene rings is 1. The summed E-state index contributed by atoms with van der Waals surface area (Å²) in [4.78, 5) is 19.2. The predicted molar refractivity (Wildman–Crippen MR) is 108 cm³/mol. The molecule has 28 heavy (non-hydrogen) atoms. The van der Waals surface area contributed by atoms with E-state index in [0.29, 0.717) is 23.9 Å². The van der Waals surface area contributed by atoms with Crippen LogP contribution in [-0.4, -0.2) is 55.1 Å². The fraction of sp³-hybridized carbons (Fsp3) is 0.478. The van der Waals surface area contributed by atoms with Gasteiger partial charge >= 0.3 is 0 Å². The molecule has 0 saturated carbocycles. The van der Waals surface area contributed by atoms with Gasteiger partial charge in [-0.3, -0.25) is 9.69 Å². The van der Waals surface area contributed by atoms with E-state index in [4.69, 9.17) is 9.47 Å². The molecule has 1 aromatic carbocycles. The van der Waals surface area contributed by atoms with Crippen LogP contribution in [0.1, 0.15) is 39.9 Å². The van der Waals surface area contributed by atoms with Gasteiger partial charge in [-0.25, -0.2) is 4.98 Å². The van der Waals surface area contributed by atoms with E-state index in [0.717, 1.165) is 52.0 Å². The minimum absolute atomic E-state index is 0.123. The van der Waals surface area contributed by atoms with Crippen molar-refractivity contribution in [3.05, 3.63) is 58.8 Å². The average molecular weight is 380 g/mol. The molecule has 0 bridgehead atoms. The second-order valence-electron chi connectivity index (χ2n) is 7.67. The molecule has 4 rings (SSSR count). The zero-order valence-electron chi connectivity index (χ0n) is 16.5. The lowest BCUT2D eigenvalue weighted by Crippen LogP contribution is -2.37. The first-order valence-electron chi connectivity index (χ1n) is 10.2. The average Bonchev–Trinajstić information content (AvgIpc) is 3.19. The Morgan fingerprint density at radius 2 is 2.07 bits per heavy atom. The highest BCUT2D eigenvalue weighted by Gasteiger charge is 2.25. The van der Waals surface area contributed by atoms with Crippen molar-refractivity contribution < 1.29 is 14.3 Å². The van der Waals surface area contributed by atoms with Crippen LogP contribution < -0.4 is 4.74 Å². The van der Waals surface area contributed by atoms with Crippen LogP contribution in [0.3, 0.4) is 0 Å². The predicted octanol–water partition coefficient (Wildman–Crippen LogP) is 3.10. The van der Waals surface area contributed by atoms with Crippen molar-refractivity contribution in [2.45, 2.75) is 38.1 Å². The molecule has 5 nitrogen and oxygen atoms in total. The maximum absolute atomic E-state index is 12.5. The number of ether oxygens (including phenoxy) is 2. The molecular formula is C23H28N2O3. The fourth-order valence-electron chi connectivity index (χ4n) is 4.19. The molecule has 0 radical (unpaired) electrons. The monoisotopic (exact) mass is 380 g/mol. The molecule has 2 aromatic rings. The van der Waals surface area contributed by atoms with Gasteiger partial charge in [0.15, 0.2) is 5.78 Å². The lowest BCUT2D eigenvalue weighted by atomic mass is 9.97. The van der Waals surface area contributed by atoms with Crippen molar-refractivity contribution in [2.24, 2.45) is 0 Å². The minimum atomic E-state index is 0.123. The number of aromatic nitrogens is 1. The lowest BCUT2D eigenvalue weighted by Gasteiger charge is -2.25. The van der Waals surface area contributed by atoms with Gasteiger partial charge in [0.05, 0.1) is 13.7 Å². The highest BCUT2D eigenvalue weighted by atomic mass is 16.5. The summed E-state index contributed by atoms with van der Waals surface area (Å²) in [5.74, 6) is 0.651. The molecular weight excluding hydrogens is 352 g/mol. The van der Waals surface area contributed by atoms with Gasteiger partial charge in [-0.15, -0.1) is 0 Å². The Balaban J connectivity index is 1.36. The summed E-state index contributed by atoms with van der Waals surface area (Å²) in [7, 11) is 1.57. The molecule has 1 atom stereocenters. The zero-order chi connectivity index (χ0) is 19.3. The number of rotatable bonds is 6. The summed E-state index contributed by atoms with van der Waals surface area (Å²) < 4.78 is 10.6. The Hall–Kier alpha value is -2.24. The number of nitrogens with zero attached hydrogens (tertiary/aromatic N) is 2. The number of hydrogen-bond donors (Lipinski definition) is 0. The van der Waals surface area contributed by atoms with Crippen LogP contribution >= 0.6 is 0 Å². The number of fused-ring (bicyclic) bond motifs is 1. The van der Waals surface area contributed by atoms with Gasteiger partial charge in [-0.05, 0) is 48.4 Å². The third-order valence-corrected chi connectivity index (χ3v) is 5.94. The van der Waals surface area contributed by atoms with Crippen molar-refractivity contribution in [2.75, 3.05) is 33.4 Å². The normalized spacial score (nSPS) is 19.8. The third-order valence-electron chi connectivity index (χ3n) is 5.94. The second-order valence-corrected chi connectivity index (χ2v) is 7.67. The number of Topliss-reactive ketones (excluding diaryl/α,β-unsaturated/α-hetero) is 1. The van der Waals surface area contributed by atoms with Crippen LogP contribution in [0.2, 0.25) is 0 Å². The Kier molecular flexibility index (Phi) is 6.03. The lowest BCUT2D eigenvalue weighted by molar-refractivity contribution is 0.0982. The molecule has 148 valence electrons. The highest BCUT2D eigenvalue weighted by molar-refractivity contribution is 5.95. The third kappa shape index (κ3) is 4.42. The van der Waals surface area contributed by atoms with Crippen molar-refractivity contribution in [3.63, 3.8) is 0 Å². The van der Waals surface area contributed by atoms with E-state index in [1.807, 2.05) is 0 Å². The zero-order valence-corrected chi connectivity index (χ0v) is 16.5. The standard InChI is InChI=1S/C23H28N2O3/c1-27-23-7-5-20(15-24-23)22(26)6-3-17-2-4-18-8-11-25(12-9-19(18)14-17)21-10-13-28-16-21/h2,4-5,7,14-15,21H,3,6,8-13,16H2,1H3. The van der Waals surface area contributed by atoms with E-state index in [1.54, 1.807) is 25.4 Å². The van der Waals surface area contributed by atoms with Gasteiger partial charge in [0.2, 0.25) is 5.88 Å². The van der Waals surface area contributed by atoms with E-state index >= 15 is 0 Å². The molecule has 0 aliphatic carbocycles. The van der Waals surface area contributed by atoms with Gasteiger partial charge in [0, 0.05) is 50.0 Å². The first-order valence-corrected chi connectivity index (χ1v) is 10.2. The van der Waals surface area contributed by atoms with E-state index in [1.165, 1.54) is 16.7 Å². The largest absolute Gasteiger partial charge is 0.481 e. The van der Waals surface area contributed by atoms with Gasteiger partial charge in [-0.1, -0.05) is 18.2 Å². The number of pyridine rings is 1. The summed E-state index contributed by atoms with van der Waals surface area (Å²) in [6.45, 7) is 3.99. The van der Waals surface area contributed by atoms with Crippen molar-refractivity contribution in [1.82, 2.24) is 9.88 Å². The quantitative estimate of drug-likeness (QED) is 0.721. The number of aryl methyl sites for hydroxylation is 1. The van der Waals surface area contributed by atoms with Gasteiger partial charge < -0.3 is 9.47 Å².